The molecule has 23 heavy (non-hydrogen) atoms. The van der Waals surface area contributed by atoms with E-state index in [0.29, 0.717) is 16.3 Å². The average Bonchev–Trinajstić information content (AvgIpc) is 3.38. The fourth-order valence-corrected chi connectivity index (χ4v) is 2.42. The third kappa shape index (κ3) is 3.88. The van der Waals surface area contributed by atoms with Crippen LogP contribution in [0.3, 0.4) is 0 Å². The molecule has 0 aliphatic heterocycles. The van der Waals surface area contributed by atoms with Gasteiger partial charge in [-0.25, -0.2) is 5.53 Å². The first-order chi connectivity index (χ1) is 11.2. The van der Waals surface area contributed by atoms with E-state index in [2.05, 4.69) is 27.3 Å². The summed E-state index contributed by atoms with van der Waals surface area (Å²) < 4.78 is 0. The summed E-state index contributed by atoms with van der Waals surface area (Å²) >= 11 is 6.36. The zero-order valence-electron chi connectivity index (χ0n) is 12.9. The van der Waals surface area contributed by atoms with Crippen LogP contribution in [-0.2, 0) is 0 Å². The van der Waals surface area contributed by atoms with Crippen molar-refractivity contribution in [3.8, 4) is 11.8 Å². The zero-order valence-corrected chi connectivity index (χ0v) is 13.6. The highest BCUT2D eigenvalue weighted by Gasteiger charge is 2.21. The van der Waals surface area contributed by atoms with E-state index in [1.807, 2.05) is 31.2 Å². The molecule has 0 radical (unpaired) electrons. The summed E-state index contributed by atoms with van der Waals surface area (Å²) in [5.74, 6) is 6.81. The maximum absolute atomic E-state index is 7.39. The fourth-order valence-electron chi connectivity index (χ4n) is 2.17. The molecular weight excluding hydrogens is 308 g/mol. The summed E-state index contributed by atoms with van der Waals surface area (Å²) in [6, 6.07) is 7.59. The molecule has 1 aliphatic rings. The Morgan fingerprint density at radius 1 is 1.30 bits per heavy atom. The third-order valence-electron chi connectivity index (χ3n) is 3.76. The molecule has 0 unspecified atom stereocenters. The van der Waals surface area contributed by atoms with E-state index >= 15 is 0 Å². The van der Waals surface area contributed by atoms with Gasteiger partial charge in [0.25, 0.3) is 0 Å². The van der Waals surface area contributed by atoms with Gasteiger partial charge in [0.1, 0.15) is 5.69 Å². The van der Waals surface area contributed by atoms with Crippen LogP contribution in [0.2, 0.25) is 5.02 Å². The van der Waals surface area contributed by atoms with E-state index in [1.54, 1.807) is 6.20 Å². The van der Waals surface area contributed by atoms with Gasteiger partial charge in [-0.05, 0) is 49.9 Å². The summed E-state index contributed by atoms with van der Waals surface area (Å²) in [6.07, 6.45) is 4.27. The smallest absolute Gasteiger partial charge is 0.128 e. The van der Waals surface area contributed by atoms with Gasteiger partial charge in [0, 0.05) is 29.6 Å². The molecule has 0 amide bonds. The quantitative estimate of drug-likeness (QED) is 0.619. The Morgan fingerprint density at radius 2 is 2.13 bits per heavy atom. The fraction of sp³-hybridized carbons (Fsp3) is 0.278. The Morgan fingerprint density at radius 3 is 2.78 bits per heavy atom. The zero-order chi connectivity index (χ0) is 16.2. The van der Waals surface area contributed by atoms with Crippen LogP contribution in [0.1, 0.15) is 29.7 Å². The lowest BCUT2D eigenvalue weighted by atomic mass is 10.1. The molecule has 1 aromatic heterocycles. The Hall–Kier alpha value is -2.38. The highest BCUT2D eigenvalue weighted by Crippen LogP contribution is 2.37. The SMILES string of the molecule is Cc1ccc(C#Cc2ccc(NCC3CC3)c(N=N)c2Cl)cn1. The minimum atomic E-state index is 0.411. The molecule has 2 N–H and O–H groups in total. The average molecular weight is 325 g/mol. The molecule has 1 aromatic carbocycles. The second-order valence-electron chi connectivity index (χ2n) is 5.70. The monoisotopic (exact) mass is 324 g/mol. The van der Waals surface area contributed by atoms with Crippen molar-refractivity contribution in [2.24, 2.45) is 11.0 Å². The summed E-state index contributed by atoms with van der Waals surface area (Å²) in [5.41, 5.74) is 11.1. The summed E-state index contributed by atoms with van der Waals surface area (Å²) in [4.78, 5) is 4.21. The van der Waals surface area contributed by atoms with Gasteiger partial charge in [0.2, 0.25) is 0 Å². The van der Waals surface area contributed by atoms with Crippen molar-refractivity contribution in [2.75, 3.05) is 11.9 Å². The molecule has 1 fully saturated rings. The largest absolute Gasteiger partial charge is 0.383 e. The number of halogens is 1. The first-order valence-electron chi connectivity index (χ1n) is 7.56. The number of nitrogens with one attached hydrogen (secondary N) is 2. The van der Waals surface area contributed by atoms with E-state index < -0.39 is 0 Å². The topological polar surface area (TPSA) is 61.1 Å². The van der Waals surface area contributed by atoms with Crippen molar-refractivity contribution in [3.63, 3.8) is 0 Å². The number of aromatic nitrogens is 1. The second kappa shape index (κ2) is 6.80. The van der Waals surface area contributed by atoms with Gasteiger partial charge in [0.15, 0.2) is 0 Å². The number of nitrogens with zero attached hydrogens (tertiary/aromatic N) is 2. The number of anilines is 1. The Kier molecular flexibility index (Phi) is 4.59. The van der Waals surface area contributed by atoms with Gasteiger partial charge in [-0.3, -0.25) is 4.98 Å². The number of benzene rings is 1. The van der Waals surface area contributed by atoms with Crippen molar-refractivity contribution in [2.45, 2.75) is 19.8 Å². The highest BCUT2D eigenvalue weighted by atomic mass is 35.5. The summed E-state index contributed by atoms with van der Waals surface area (Å²) in [7, 11) is 0. The van der Waals surface area contributed by atoms with Crippen LogP contribution >= 0.6 is 11.6 Å². The van der Waals surface area contributed by atoms with Crippen LogP contribution in [0.15, 0.2) is 35.6 Å². The van der Waals surface area contributed by atoms with E-state index in [9.17, 15) is 0 Å². The molecule has 1 heterocycles. The molecule has 4 nitrogen and oxygen atoms in total. The standard InChI is InChI=1S/C18H17ClN4/c1-12-2-3-13(10-21-12)6-7-15-8-9-16(18(23-20)17(15)19)22-11-14-4-5-14/h2-3,8-10,14,20,22H,4-5,11H2,1H3. The van der Waals surface area contributed by atoms with E-state index in [-0.39, 0.29) is 0 Å². The highest BCUT2D eigenvalue weighted by molar-refractivity contribution is 6.34. The van der Waals surface area contributed by atoms with Gasteiger partial charge >= 0.3 is 0 Å². The summed E-state index contributed by atoms with van der Waals surface area (Å²) in [5, 5.41) is 7.30. The first-order valence-corrected chi connectivity index (χ1v) is 7.93. The van der Waals surface area contributed by atoms with Crippen molar-refractivity contribution < 1.29 is 0 Å². The Labute approximate surface area is 140 Å². The maximum Gasteiger partial charge on any atom is 0.128 e. The van der Waals surface area contributed by atoms with Crippen LogP contribution in [0.4, 0.5) is 11.4 Å². The van der Waals surface area contributed by atoms with Crippen molar-refractivity contribution in [3.05, 3.63) is 52.3 Å². The lowest BCUT2D eigenvalue weighted by molar-refractivity contribution is 0.888. The van der Waals surface area contributed by atoms with Crippen molar-refractivity contribution >= 4 is 23.0 Å². The molecule has 1 saturated carbocycles. The van der Waals surface area contributed by atoms with Crippen LogP contribution in [-0.4, -0.2) is 11.5 Å². The molecule has 5 heteroatoms. The lowest BCUT2D eigenvalue weighted by Crippen LogP contribution is -2.03. The molecule has 3 rings (SSSR count). The third-order valence-corrected chi connectivity index (χ3v) is 4.14. The normalized spacial score (nSPS) is 13.1. The van der Waals surface area contributed by atoms with Crippen LogP contribution < -0.4 is 5.32 Å². The maximum atomic E-state index is 7.39. The first kappa shape index (κ1) is 15.5. The second-order valence-corrected chi connectivity index (χ2v) is 6.08. The van der Waals surface area contributed by atoms with Gasteiger partial charge in [-0.1, -0.05) is 23.4 Å². The Balaban J connectivity index is 1.85. The molecule has 0 atom stereocenters. The molecule has 0 saturated heterocycles. The minimum Gasteiger partial charge on any atom is -0.383 e. The van der Waals surface area contributed by atoms with Crippen molar-refractivity contribution in [1.82, 2.24) is 4.98 Å². The molecule has 1 aliphatic carbocycles. The lowest BCUT2D eigenvalue weighted by Gasteiger charge is -2.10. The summed E-state index contributed by atoms with van der Waals surface area (Å²) in [6.45, 7) is 2.84. The van der Waals surface area contributed by atoms with Crippen LogP contribution in [0, 0.1) is 30.2 Å². The molecule has 0 bridgehead atoms. The van der Waals surface area contributed by atoms with Crippen molar-refractivity contribution in [1.29, 1.82) is 5.53 Å². The number of aryl methyl sites for hydroxylation is 1. The number of hydrogen-bond donors (Lipinski definition) is 2. The number of pyridine rings is 1. The van der Waals surface area contributed by atoms with E-state index in [0.717, 1.165) is 29.4 Å². The predicted octanol–water partition coefficient (Wildman–Crippen LogP) is 4.93. The Bertz CT molecular complexity index is 783. The van der Waals surface area contributed by atoms with Gasteiger partial charge in [-0.2, -0.15) is 5.11 Å². The minimum absolute atomic E-state index is 0.411. The number of rotatable bonds is 4. The number of hydrogen-bond acceptors (Lipinski definition) is 4. The van der Waals surface area contributed by atoms with Crippen LogP contribution in [0.25, 0.3) is 0 Å². The molecule has 2 aromatic rings. The molecular formula is C18H17ClN4. The van der Waals surface area contributed by atoms with Gasteiger partial charge in [0.05, 0.1) is 10.7 Å². The predicted molar refractivity (Wildman–Crippen MR) is 92.4 cm³/mol. The van der Waals surface area contributed by atoms with E-state index in [1.165, 1.54) is 12.8 Å². The van der Waals surface area contributed by atoms with E-state index in [4.69, 9.17) is 17.1 Å². The van der Waals surface area contributed by atoms with Gasteiger partial charge in [-0.15, -0.1) is 0 Å². The van der Waals surface area contributed by atoms with Crippen LogP contribution in [0.5, 0.6) is 0 Å². The molecule has 0 spiro atoms. The molecule has 116 valence electrons. The van der Waals surface area contributed by atoms with Gasteiger partial charge < -0.3 is 5.32 Å².